The molecule has 0 unspecified atom stereocenters. The Kier molecular flexibility index (Phi) is 6.46. The zero-order valence-electron chi connectivity index (χ0n) is 15.6. The molecule has 142 valence electrons. The van der Waals surface area contributed by atoms with Gasteiger partial charge in [0.1, 0.15) is 5.69 Å². The van der Waals surface area contributed by atoms with E-state index < -0.39 is 5.97 Å². The number of hydrogen-bond donors (Lipinski definition) is 0. The Bertz CT molecular complexity index is 960. The van der Waals surface area contributed by atoms with Gasteiger partial charge in [0.15, 0.2) is 12.4 Å². The number of benzene rings is 2. The van der Waals surface area contributed by atoms with Crippen LogP contribution in [-0.2, 0) is 22.5 Å². The van der Waals surface area contributed by atoms with Gasteiger partial charge in [0.05, 0.1) is 12.7 Å². The number of aromatic nitrogens is 3. The highest BCUT2D eigenvalue weighted by atomic mass is 16.5. The summed E-state index contributed by atoms with van der Waals surface area (Å²) < 4.78 is 6.69. The van der Waals surface area contributed by atoms with Gasteiger partial charge in [0, 0.05) is 11.6 Å². The molecular formula is C22H21N3O3. The lowest BCUT2D eigenvalue weighted by molar-refractivity contribution is -0.136. The molecule has 3 aromatic rings. The maximum absolute atomic E-state index is 12.1. The number of ketones is 1. The van der Waals surface area contributed by atoms with Gasteiger partial charge in [-0.3, -0.25) is 4.79 Å². The summed E-state index contributed by atoms with van der Waals surface area (Å²) in [6.45, 7) is 2.35. The van der Waals surface area contributed by atoms with Crippen LogP contribution >= 0.6 is 0 Å². The van der Waals surface area contributed by atoms with Gasteiger partial charge in [0.2, 0.25) is 0 Å². The van der Waals surface area contributed by atoms with E-state index in [-0.39, 0.29) is 12.4 Å². The van der Waals surface area contributed by atoms with Crippen molar-refractivity contribution in [3.8, 4) is 0 Å². The smallest absolute Gasteiger partial charge is 0.331 e. The van der Waals surface area contributed by atoms with Crippen LogP contribution in [0.4, 0.5) is 0 Å². The molecule has 6 heteroatoms. The average Bonchev–Trinajstić information content (AvgIpc) is 3.18. The molecule has 0 saturated carbocycles. The molecule has 0 radical (unpaired) electrons. The highest BCUT2D eigenvalue weighted by Crippen LogP contribution is 2.07. The molecule has 0 aliphatic heterocycles. The van der Waals surface area contributed by atoms with E-state index in [9.17, 15) is 9.59 Å². The summed E-state index contributed by atoms with van der Waals surface area (Å²) in [5.41, 5.74) is 3.32. The van der Waals surface area contributed by atoms with Gasteiger partial charge in [-0.25, -0.2) is 9.48 Å². The normalized spacial score (nSPS) is 10.9. The molecule has 3 rings (SSSR count). The molecule has 0 spiro atoms. The Balaban J connectivity index is 1.49. The van der Waals surface area contributed by atoms with Crippen molar-refractivity contribution in [2.24, 2.45) is 0 Å². The van der Waals surface area contributed by atoms with Crippen LogP contribution in [0, 0.1) is 0 Å². The fraction of sp³-hybridized carbons (Fsp3) is 0.182. The van der Waals surface area contributed by atoms with Crippen molar-refractivity contribution < 1.29 is 14.3 Å². The first-order chi connectivity index (χ1) is 13.6. The molecule has 1 aromatic heterocycles. The van der Waals surface area contributed by atoms with Gasteiger partial charge in [0.25, 0.3) is 0 Å². The Morgan fingerprint density at radius 3 is 2.50 bits per heavy atom. The van der Waals surface area contributed by atoms with Crippen LogP contribution in [0.1, 0.15) is 34.1 Å². The first-order valence-electron chi connectivity index (χ1n) is 9.05. The maximum Gasteiger partial charge on any atom is 0.331 e. The Morgan fingerprint density at radius 1 is 1.04 bits per heavy atom. The van der Waals surface area contributed by atoms with Crippen LogP contribution in [0.3, 0.4) is 0 Å². The first-order valence-corrected chi connectivity index (χ1v) is 9.05. The summed E-state index contributed by atoms with van der Waals surface area (Å²) in [6.07, 6.45) is 5.39. The Hall–Kier alpha value is -3.54. The van der Waals surface area contributed by atoms with Crippen molar-refractivity contribution in [3.05, 3.63) is 89.3 Å². The zero-order valence-corrected chi connectivity index (χ0v) is 15.6. The summed E-state index contributed by atoms with van der Waals surface area (Å²) >= 11 is 0. The minimum absolute atomic E-state index is 0.238. The molecular weight excluding hydrogens is 354 g/mol. The van der Waals surface area contributed by atoms with E-state index in [1.165, 1.54) is 12.2 Å². The van der Waals surface area contributed by atoms with Crippen molar-refractivity contribution in [3.63, 3.8) is 0 Å². The second kappa shape index (κ2) is 9.41. The SMILES string of the molecule is CCc1ccc(C(=O)COC(=O)/C=C/c2cn(Cc3ccccc3)nn2)cc1. The average molecular weight is 375 g/mol. The van der Waals surface area contributed by atoms with E-state index in [1.54, 1.807) is 23.0 Å². The van der Waals surface area contributed by atoms with Crippen LogP contribution in [0.15, 0.2) is 66.9 Å². The molecule has 0 amide bonds. The second-order valence-corrected chi connectivity index (χ2v) is 6.24. The summed E-state index contributed by atoms with van der Waals surface area (Å²) in [5.74, 6) is -0.839. The molecule has 0 aliphatic rings. The molecule has 0 saturated heterocycles. The van der Waals surface area contributed by atoms with Crippen LogP contribution < -0.4 is 0 Å². The molecule has 0 N–H and O–H groups in total. The largest absolute Gasteiger partial charge is 0.454 e. The van der Waals surface area contributed by atoms with Gasteiger partial charge in [-0.1, -0.05) is 66.7 Å². The van der Waals surface area contributed by atoms with Gasteiger partial charge < -0.3 is 4.74 Å². The van der Waals surface area contributed by atoms with Gasteiger partial charge in [-0.05, 0) is 23.6 Å². The lowest BCUT2D eigenvalue weighted by Crippen LogP contribution is -2.12. The third-order valence-corrected chi connectivity index (χ3v) is 4.16. The number of rotatable bonds is 8. The third kappa shape index (κ3) is 5.48. The van der Waals surface area contributed by atoms with Crippen LogP contribution in [-0.4, -0.2) is 33.4 Å². The Labute approximate surface area is 163 Å². The van der Waals surface area contributed by atoms with E-state index >= 15 is 0 Å². The number of aryl methyl sites for hydroxylation is 1. The molecule has 0 fully saturated rings. The van der Waals surface area contributed by atoms with Crippen molar-refractivity contribution >= 4 is 17.8 Å². The number of esters is 1. The van der Waals surface area contributed by atoms with E-state index in [1.807, 2.05) is 49.4 Å². The van der Waals surface area contributed by atoms with Crippen molar-refractivity contribution in [2.45, 2.75) is 19.9 Å². The molecule has 28 heavy (non-hydrogen) atoms. The van der Waals surface area contributed by atoms with Gasteiger partial charge >= 0.3 is 5.97 Å². The standard InChI is InChI=1S/C22H21N3O3/c1-2-17-8-10-19(11-9-17)21(26)16-28-22(27)13-12-20-15-25(24-23-20)14-18-6-4-3-5-7-18/h3-13,15H,2,14,16H2,1H3/b13-12+. The number of carbonyl (C=O) groups excluding carboxylic acids is 2. The number of Topliss-reactive ketones (excluding diaryl/α,β-unsaturated/α-hetero) is 1. The second-order valence-electron chi connectivity index (χ2n) is 6.24. The van der Waals surface area contributed by atoms with Gasteiger partial charge in [-0.15, -0.1) is 5.10 Å². The van der Waals surface area contributed by atoms with E-state index in [0.29, 0.717) is 17.8 Å². The van der Waals surface area contributed by atoms with Crippen molar-refractivity contribution in [2.75, 3.05) is 6.61 Å². The summed E-state index contributed by atoms with van der Waals surface area (Å²) in [6, 6.07) is 17.2. The fourth-order valence-corrected chi connectivity index (χ4v) is 2.59. The van der Waals surface area contributed by atoms with E-state index in [4.69, 9.17) is 4.74 Å². The molecule has 2 aromatic carbocycles. The lowest BCUT2D eigenvalue weighted by Gasteiger charge is -2.03. The number of ether oxygens (including phenoxy) is 1. The van der Waals surface area contributed by atoms with E-state index in [0.717, 1.165) is 17.5 Å². The lowest BCUT2D eigenvalue weighted by atomic mass is 10.1. The van der Waals surface area contributed by atoms with Crippen molar-refractivity contribution in [1.29, 1.82) is 0 Å². The molecule has 6 nitrogen and oxygen atoms in total. The monoisotopic (exact) mass is 375 g/mol. The minimum Gasteiger partial charge on any atom is -0.454 e. The predicted octanol–water partition coefficient (Wildman–Crippen LogP) is 3.33. The predicted molar refractivity (Wildman–Crippen MR) is 106 cm³/mol. The summed E-state index contributed by atoms with van der Waals surface area (Å²) in [5, 5.41) is 8.02. The maximum atomic E-state index is 12.1. The first kappa shape index (κ1) is 19.2. The van der Waals surface area contributed by atoms with Crippen LogP contribution in [0.5, 0.6) is 0 Å². The highest BCUT2D eigenvalue weighted by molar-refractivity contribution is 5.98. The summed E-state index contributed by atoms with van der Waals surface area (Å²) in [7, 11) is 0. The molecule has 1 heterocycles. The van der Waals surface area contributed by atoms with Crippen molar-refractivity contribution in [1.82, 2.24) is 15.0 Å². The molecule has 0 atom stereocenters. The summed E-state index contributed by atoms with van der Waals surface area (Å²) in [4.78, 5) is 23.9. The number of hydrogen-bond acceptors (Lipinski definition) is 5. The van der Waals surface area contributed by atoms with Crippen LogP contribution in [0.25, 0.3) is 6.08 Å². The highest BCUT2D eigenvalue weighted by Gasteiger charge is 2.08. The Morgan fingerprint density at radius 2 is 1.79 bits per heavy atom. The fourth-order valence-electron chi connectivity index (χ4n) is 2.59. The minimum atomic E-state index is -0.601. The molecule has 0 bridgehead atoms. The zero-order chi connectivity index (χ0) is 19.8. The topological polar surface area (TPSA) is 74.1 Å². The van der Waals surface area contributed by atoms with Gasteiger partial charge in [-0.2, -0.15) is 0 Å². The number of nitrogens with zero attached hydrogens (tertiary/aromatic N) is 3. The third-order valence-electron chi connectivity index (χ3n) is 4.16. The molecule has 0 aliphatic carbocycles. The van der Waals surface area contributed by atoms with Crippen LogP contribution in [0.2, 0.25) is 0 Å². The van der Waals surface area contributed by atoms with E-state index in [2.05, 4.69) is 10.3 Å². The quantitative estimate of drug-likeness (QED) is 0.343. The number of carbonyl (C=O) groups is 2.